The van der Waals surface area contributed by atoms with E-state index in [1.807, 2.05) is 6.26 Å². The molecule has 3 aromatic carbocycles. The SMILES string of the molecule is CSCC[C@H](N)C(=O)N[C@@H](Cc1ccc(O)cc1)C(=O)N[C@@H](CC(N)=O)C(=O)N[C@@H](Cc1ccccc1)C(=O)N[C@@H](Cc1cnc[nH]1)C(=O)N[C@@H](CC(C)C)C(=O)N[C@@H](CCC(=O)O)C(=O)N[C@@H](C)C(=O)N[C@@H](Cc1ccc(O)cc1)C(=O)O. The first-order valence-corrected chi connectivity index (χ1v) is 28.2. The molecule has 4 aromatic rings. The van der Waals surface area contributed by atoms with Crippen LogP contribution in [0.15, 0.2) is 91.4 Å². The molecule has 4 rings (SSSR count). The Morgan fingerprint density at radius 2 is 0.976 bits per heavy atom. The van der Waals surface area contributed by atoms with Crippen molar-refractivity contribution in [1.82, 2.24) is 52.5 Å². The number of rotatable bonds is 35. The van der Waals surface area contributed by atoms with Crippen LogP contribution in [0.25, 0.3) is 0 Å². The first kappa shape index (κ1) is 67.5. The van der Waals surface area contributed by atoms with Crippen molar-refractivity contribution in [2.75, 3.05) is 12.0 Å². The van der Waals surface area contributed by atoms with Gasteiger partial charge in [0.25, 0.3) is 0 Å². The molecule has 17 N–H and O–H groups in total. The number of amides is 9. The lowest BCUT2D eigenvalue weighted by Crippen LogP contribution is -2.61. The van der Waals surface area contributed by atoms with Crippen molar-refractivity contribution in [3.05, 3.63) is 114 Å². The Kier molecular flexibility index (Phi) is 27.1. The molecule has 27 nitrogen and oxygen atoms in total. The van der Waals surface area contributed by atoms with Crippen molar-refractivity contribution >= 4 is 76.9 Å². The minimum Gasteiger partial charge on any atom is -0.508 e. The lowest BCUT2D eigenvalue weighted by Gasteiger charge is -2.28. The van der Waals surface area contributed by atoms with Crippen LogP contribution in [-0.2, 0) is 78.4 Å². The summed E-state index contributed by atoms with van der Waals surface area (Å²) in [5, 5.41) is 59.0. The monoisotopic (exact) mass is 1190 g/mol. The van der Waals surface area contributed by atoms with Gasteiger partial charge in [0.05, 0.1) is 18.8 Å². The largest absolute Gasteiger partial charge is 0.508 e. The molecule has 454 valence electrons. The topological polar surface area (TPSA) is 446 Å². The highest BCUT2D eigenvalue weighted by atomic mass is 32.2. The Bertz CT molecular complexity index is 2880. The third-order valence-electron chi connectivity index (χ3n) is 12.9. The lowest BCUT2D eigenvalue weighted by molar-refractivity contribution is -0.142. The van der Waals surface area contributed by atoms with E-state index in [1.54, 1.807) is 44.2 Å². The molecule has 9 amide bonds. The molecule has 28 heteroatoms. The third-order valence-corrected chi connectivity index (χ3v) is 13.6. The number of carbonyl (C=O) groups is 11. The summed E-state index contributed by atoms with van der Waals surface area (Å²) in [6, 6.07) is 6.49. The average molecular weight is 1190 g/mol. The van der Waals surface area contributed by atoms with Gasteiger partial charge in [0.15, 0.2) is 0 Å². The number of hydrogen-bond donors (Lipinski definition) is 15. The number of hydrogen-bond acceptors (Lipinski definition) is 16. The second-order valence-electron chi connectivity index (χ2n) is 20.3. The van der Waals surface area contributed by atoms with E-state index in [4.69, 9.17) is 11.5 Å². The molecule has 0 aliphatic carbocycles. The Morgan fingerprint density at radius 3 is 1.46 bits per heavy atom. The number of benzene rings is 3. The van der Waals surface area contributed by atoms with E-state index < -0.39 is 139 Å². The summed E-state index contributed by atoms with van der Waals surface area (Å²) in [6.45, 7) is 4.67. The predicted octanol–water partition coefficient (Wildman–Crippen LogP) is -1.06. The van der Waals surface area contributed by atoms with E-state index in [0.717, 1.165) is 0 Å². The van der Waals surface area contributed by atoms with E-state index in [-0.39, 0.29) is 55.9 Å². The summed E-state index contributed by atoms with van der Waals surface area (Å²) >= 11 is 1.45. The maximum atomic E-state index is 14.6. The van der Waals surface area contributed by atoms with Gasteiger partial charge in [-0.05, 0) is 85.1 Å². The average Bonchev–Trinajstić information content (AvgIpc) is 4.12. The first-order chi connectivity index (χ1) is 39.8. The number of phenols is 2. The molecular formula is C56H74N12O15S. The molecule has 0 aliphatic heterocycles. The fourth-order valence-electron chi connectivity index (χ4n) is 8.37. The maximum Gasteiger partial charge on any atom is 0.326 e. The minimum absolute atomic E-state index is 0.0645. The number of nitrogens with two attached hydrogens (primary N) is 2. The second kappa shape index (κ2) is 33.8. The number of aromatic hydroxyl groups is 2. The molecule has 0 unspecified atom stereocenters. The van der Waals surface area contributed by atoms with Crippen LogP contribution in [-0.4, -0.2) is 162 Å². The number of carbonyl (C=O) groups excluding carboxylic acids is 9. The lowest BCUT2D eigenvalue weighted by atomic mass is 10.0. The molecule has 0 bridgehead atoms. The van der Waals surface area contributed by atoms with Gasteiger partial charge in [-0.1, -0.05) is 68.4 Å². The summed E-state index contributed by atoms with van der Waals surface area (Å²) in [6.07, 6.45) is 1.93. The van der Waals surface area contributed by atoms with Gasteiger partial charge in [0, 0.05) is 44.0 Å². The van der Waals surface area contributed by atoms with E-state index in [9.17, 15) is 73.2 Å². The van der Waals surface area contributed by atoms with Gasteiger partial charge in [0.2, 0.25) is 53.2 Å². The van der Waals surface area contributed by atoms with Crippen molar-refractivity contribution in [3.63, 3.8) is 0 Å². The van der Waals surface area contributed by atoms with Crippen LogP contribution >= 0.6 is 11.8 Å². The first-order valence-electron chi connectivity index (χ1n) is 26.8. The summed E-state index contributed by atoms with van der Waals surface area (Å²) in [5.41, 5.74) is 13.5. The number of thioether (sulfide) groups is 1. The molecule has 84 heavy (non-hydrogen) atoms. The van der Waals surface area contributed by atoms with Crippen molar-refractivity contribution in [3.8, 4) is 11.5 Å². The number of carboxylic acid groups (broad SMARTS) is 2. The predicted molar refractivity (Wildman–Crippen MR) is 306 cm³/mol. The standard InChI is InChI=1S/C56H74N12O15S/c1-30(2)22-40(51(77)62-39(18-19-47(72)73)50(76)61-31(3)48(74)68-45(56(82)83)25-34-12-16-37(70)17-13-34)64-54(80)43(26-35-28-59-29-60-35)66-53(79)42(23-32-8-6-5-7-9-32)65-55(81)44(27-46(58)71)67-52(78)41(24-33-10-14-36(69)15-11-33)63-49(75)38(57)20-21-84-4/h5-17,28-31,38-45,69-70H,18-27,57H2,1-4H3,(H2,58,71)(H,59,60)(H,61,76)(H,62,77)(H,63,75)(H,64,80)(H,65,81)(H,66,79)(H,67,78)(H,68,74)(H,72,73)(H,82,83)/t31-,38-,39-,40-,41-,42-,43-,44-,45-/m0/s1. The zero-order chi connectivity index (χ0) is 62.0. The van der Waals surface area contributed by atoms with Crippen LogP contribution < -0.4 is 54.0 Å². The highest BCUT2D eigenvalue weighted by Crippen LogP contribution is 2.15. The molecule has 0 saturated heterocycles. The molecule has 0 spiro atoms. The summed E-state index contributed by atoms with van der Waals surface area (Å²) in [4.78, 5) is 155. The van der Waals surface area contributed by atoms with Gasteiger partial charge in [-0.15, -0.1) is 0 Å². The summed E-state index contributed by atoms with van der Waals surface area (Å²) < 4.78 is 0. The van der Waals surface area contributed by atoms with Crippen LogP contribution in [0.4, 0.5) is 0 Å². The Hall–Kier alpha value is -9.05. The fraction of sp³-hybridized carbons (Fsp3) is 0.429. The van der Waals surface area contributed by atoms with Gasteiger partial charge in [-0.2, -0.15) is 11.8 Å². The Morgan fingerprint density at radius 1 is 0.536 bits per heavy atom. The number of aromatic nitrogens is 2. The van der Waals surface area contributed by atoms with E-state index in [1.165, 1.54) is 79.7 Å². The molecule has 0 radical (unpaired) electrons. The van der Waals surface area contributed by atoms with Gasteiger partial charge in [0.1, 0.15) is 59.8 Å². The van der Waals surface area contributed by atoms with E-state index in [0.29, 0.717) is 28.1 Å². The number of phenolic OH excluding ortho intramolecular Hbond substituents is 2. The molecule has 0 fully saturated rings. The highest BCUT2D eigenvalue weighted by Gasteiger charge is 2.36. The van der Waals surface area contributed by atoms with Crippen LogP contribution in [0.2, 0.25) is 0 Å². The van der Waals surface area contributed by atoms with E-state index in [2.05, 4.69) is 52.5 Å². The normalized spacial score (nSPS) is 14.3. The zero-order valence-corrected chi connectivity index (χ0v) is 47.6. The van der Waals surface area contributed by atoms with Gasteiger partial charge < -0.3 is 79.4 Å². The smallest absolute Gasteiger partial charge is 0.326 e. The van der Waals surface area contributed by atoms with Crippen LogP contribution in [0.3, 0.4) is 0 Å². The van der Waals surface area contributed by atoms with Crippen LogP contribution in [0, 0.1) is 5.92 Å². The molecule has 0 aliphatic rings. The number of primary amides is 1. The molecule has 1 aromatic heterocycles. The Balaban J connectivity index is 1.59. The van der Waals surface area contributed by atoms with E-state index >= 15 is 0 Å². The number of nitrogens with one attached hydrogen (secondary N) is 9. The minimum atomic E-state index is -1.74. The van der Waals surface area contributed by atoms with Crippen molar-refractivity contribution in [2.45, 2.75) is 133 Å². The van der Waals surface area contributed by atoms with Gasteiger partial charge >= 0.3 is 11.9 Å². The molecule has 0 saturated carbocycles. The summed E-state index contributed by atoms with van der Waals surface area (Å²) in [5.74, 6) is -11.2. The van der Waals surface area contributed by atoms with Gasteiger partial charge in [-0.25, -0.2) is 9.78 Å². The zero-order valence-electron chi connectivity index (χ0n) is 46.8. The molecule has 1 heterocycles. The number of H-pyrrole nitrogens is 1. The number of imidazole rings is 1. The quantitative estimate of drug-likeness (QED) is 0.0261. The van der Waals surface area contributed by atoms with Crippen molar-refractivity contribution in [1.29, 1.82) is 0 Å². The number of aliphatic carboxylic acids is 2. The Labute approximate surface area is 488 Å². The fourth-order valence-corrected chi connectivity index (χ4v) is 8.86. The summed E-state index contributed by atoms with van der Waals surface area (Å²) in [7, 11) is 0. The molecule has 9 atom stereocenters. The van der Waals surface area contributed by atoms with Crippen molar-refractivity contribution < 1.29 is 73.2 Å². The highest BCUT2D eigenvalue weighted by molar-refractivity contribution is 7.98. The van der Waals surface area contributed by atoms with Gasteiger partial charge in [-0.3, -0.25) is 47.9 Å². The van der Waals surface area contributed by atoms with Crippen molar-refractivity contribution in [2.24, 2.45) is 17.4 Å². The van der Waals surface area contributed by atoms with Crippen LogP contribution in [0.5, 0.6) is 11.5 Å². The number of nitrogens with zero attached hydrogens (tertiary/aromatic N) is 1. The second-order valence-corrected chi connectivity index (χ2v) is 21.3. The molecular weight excluding hydrogens is 1110 g/mol. The third kappa shape index (κ3) is 23.4. The van der Waals surface area contributed by atoms with Crippen LogP contribution in [0.1, 0.15) is 75.3 Å². The number of aromatic amines is 1. The number of carboxylic acids is 2. The maximum absolute atomic E-state index is 14.6.